The summed E-state index contributed by atoms with van der Waals surface area (Å²) in [4.78, 5) is 2.08. The number of nitrogens with zero attached hydrogens (tertiary/aromatic N) is 1. The summed E-state index contributed by atoms with van der Waals surface area (Å²) < 4.78 is 18.2. The van der Waals surface area contributed by atoms with E-state index in [1.807, 2.05) is 19.2 Å². The van der Waals surface area contributed by atoms with Crippen LogP contribution in [0.4, 0.5) is 4.39 Å². The van der Waals surface area contributed by atoms with Crippen LogP contribution in [0.25, 0.3) is 0 Å². The van der Waals surface area contributed by atoms with Crippen LogP contribution in [0.1, 0.15) is 17.2 Å². The van der Waals surface area contributed by atoms with Gasteiger partial charge < -0.3 is 10.2 Å². The van der Waals surface area contributed by atoms with Crippen LogP contribution >= 0.6 is 0 Å². The fourth-order valence-electron chi connectivity index (χ4n) is 2.07. The minimum absolute atomic E-state index is 0.0759. The predicted molar refractivity (Wildman–Crippen MR) is 68.4 cm³/mol. The van der Waals surface area contributed by atoms with Gasteiger partial charge in [0.05, 0.1) is 18.6 Å². The summed E-state index contributed by atoms with van der Waals surface area (Å²) in [5, 5.41) is 0. The number of nitrogens with two attached hydrogens (primary N) is 1. The molecule has 1 aromatic heterocycles. The van der Waals surface area contributed by atoms with Gasteiger partial charge in [0.25, 0.3) is 0 Å². The van der Waals surface area contributed by atoms with E-state index in [1.54, 1.807) is 24.7 Å². The zero-order valence-corrected chi connectivity index (χ0v) is 10.3. The van der Waals surface area contributed by atoms with Crippen LogP contribution in [0, 0.1) is 5.82 Å². The summed E-state index contributed by atoms with van der Waals surface area (Å²) >= 11 is 0. The summed E-state index contributed by atoms with van der Waals surface area (Å²) in [7, 11) is 1.97. The van der Waals surface area contributed by atoms with Gasteiger partial charge in [0.2, 0.25) is 0 Å². The molecule has 0 aliphatic rings. The lowest BCUT2D eigenvalue weighted by Crippen LogP contribution is -2.29. The van der Waals surface area contributed by atoms with Crippen molar-refractivity contribution in [1.82, 2.24) is 4.90 Å². The van der Waals surface area contributed by atoms with Crippen LogP contribution in [0.3, 0.4) is 0 Å². The molecule has 2 rings (SSSR count). The molecule has 3 nitrogen and oxygen atoms in total. The summed E-state index contributed by atoms with van der Waals surface area (Å²) in [6.45, 7) is 1.14. The summed E-state index contributed by atoms with van der Waals surface area (Å²) in [6, 6.07) is 8.59. The second-order valence-electron chi connectivity index (χ2n) is 4.35. The molecule has 0 amide bonds. The van der Waals surface area contributed by atoms with Gasteiger partial charge >= 0.3 is 0 Å². The number of furan rings is 1. The van der Waals surface area contributed by atoms with Gasteiger partial charge in [0, 0.05) is 18.7 Å². The van der Waals surface area contributed by atoms with Crippen molar-refractivity contribution in [2.75, 3.05) is 13.6 Å². The highest BCUT2D eigenvalue weighted by molar-refractivity contribution is 5.18. The van der Waals surface area contributed by atoms with Crippen molar-refractivity contribution < 1.29 is 8.81 Å². The largest absolute Gasteiger partial charge is 0.472 e. The Labute approximate surface area is 106 Å². The molecule has 1 atom stereocenters. The smallest absolute Gasteiger partial charge is 0.123 e. The van der Waals surface area contributed by atoms with Gasteiger partial charge in [-0.05, 0) is 30.8 Å². The number of halogens is 1. The van der Waals surface area contributed by atoms with Gasteiger partial charge in [-0.1, -0.05) is 12.1 Å². The van der Waals surface area contributed by atoms with E-state index in [0.29, 0.717) is 13.1 Å². The average Bonchev–Trinajstić information content (AvgIpc) is 2.83. The van der Waals surface area contributed by atoms with Gasteiger partial charge in [0.1, 0.15) is 5.82 Å². The first-order chi connectivity index (χ1) is 8.70. The van der Waals surface area contributed by atoms with E-state index in [9.17, 15) is 4.39 Å². The van der Waals surface area contributed by atoms with E-state index < -0.39 is 0 Å². The lowest BCUT2D eigenvalue weighted by atomic mass is 10.1. The van der Waals surface area contributed by atoms with E-state index in [2.05, 4.69) is 4.90 Å². The summed E-state index contributed by atoms with van der Waals surface area (Å²) in [5.74, 6) is -0.214. The molecular weight excluding hydrogens is 231 g/mol. The molecule has 1 heterocycles. The quantitative estimate of drug-likeness (QED) is 0.884. The number of hydrogen-bond donors (Lipinski definition) is 1. The van der Waals surface area contributed by atoms with Crippen LogP contribution in [-0.2, 0) is 6.54 Å². The van der Waals surface area contributed by atoms with Crippen molar-refractivity contribution in [3.05, 3.63) is 59.8 Å². The molecule has 0 fully saturated rings. The van der Waals surface area contributed by atoms with E-state index in [-0.39, 0.29) is 11.9 Å². The normalized spacial score (nSPS) is 12.9. The van der Waals surface area contributed by atoms with Crippen LogP contribution in [-0.4, -0.2) is 18.5 Å². The van der Waals surface area contributed by atoms with Crippen LogP contribution < -0.4 is 5.73 Å². The maximum Gasteiger partial charge on any atom is 0.123 e. The third-order valence-corrected chi connectivity index (χ3v) is 3.00. The maximum absolute atomic E-state index is 13.1. The fourth-order valence-corrected chi connectivity index (χ4v) is 2.07. The predicted octanol–water partition coefficient (Wildman–Crippen LogP) is 2.55. The van der Waals surface area contributed by atoms with E-state index >= 15 is 0 Å². The Morgan fingerprint density at radius 2 is 2.22 bits per heavy atom. The van der Waals surface area contributed by atoms with Crippen molar-refractivity contribution in [3.8, 4) is 0 Å². The second kappa shape index (κ2) is 5.80. The lowest BCUT2D eigenvalue weighted by Gasteiger charge is -2.26. The zero-order valence-electron chi connectivity index (χ0n) is 10.3. The van der Waals surface area contributed by atoms with Crippen LogP contribution in [0.15, 0.2) is 47.3 Å². The Morgan fingerprint density at radius 3 is 2.83 bits per heavy atom. The molecule has 0 saturated carbocycles. The van der Waals surface area contributed by atoms with Crippen LogP contribution in [0.5, 0.6) is 0 Å². The first-order valence-corrected chi connectivity index (χ1v) is 5.87. The summed E-state index contributed by atoms with van der Waals surface area (Å²) in [5.41, 5.74) is 7.76. The standard InChI is InChI=1S/C14H17FN2O/c1-17(9-11-3-2-4-13(15)7-11)14(8-16)12-5-6-18-10-12/h2-7,10,14H,8-9,16H2,1H3. The highest BCUT2D eigenvalue weighted by Crippen LogP contribution is 2.20. The van der Waals surface area contributed by atoms with Crippen molar-refractivity contribution in [2.45, 2.75) is 12.6 Å². The minimum atomic E-state index is -0.214. The molecular formula is C14H17FN2O. The first-order valence-electron chi connectivity index (χ1n) is 5.87. The van der Waals surface area contributed by atoms with Gasteiger partial charge in [-0.15, -0.1) is 0 Å². The summed E-state index contributed by atoms with van der Waals surface area (Å²) in [6.07, 6.45) is 3.33. The highest BCUT2D eigenvalue weighted by Gasteiger charge is 2.16. The molecule has 0 aliphatic carbocycles. The Morgan fingerprint density at radius 1 is 1.39 bits per heavy atom. The third kappa shape index (κ3) is 2.97. The molecule has 1 unspecified atom stereocenters. The van der Waals surface area contributed by atoms with Crippen molar-refractivity contribution in [2.24, 2.45) is 5.73 Å². The van der Waals surface area contributed by atoms with Crippen molar-refractivity contribution in [3.63, 3.8) is 0 Å². The monoisotopic (exact) mass is 248 g/mol. The molecule has 18 heavy (non-hydrogen) atoms. The van der Waals surface area contributed by atoms with E-state index in [4.69, 9.17) is 10.2 Å². The SMILES string of the molecule is CN(Cc1cccc(F)c1)C(CN)c1ccoc1. The van der Waals surface area contributed by atoms with E-state index in [0.717, 1.165) is 11.1 Å². The minimum Gasteiger partial charge on any atom is -0.472 e. The highest BCUT2D eigenvalue weighted by atomic mass is 19.1. The Hall–Kier alpha value is -1.65. The van der Waals surface area contributed by atoms with Crippen molar-refractivity contribution in [1.29, 1.82) is 0 Å². The third-order valence-electron chi connectivity index (χ3n) is 3.00. The van der Waals surface area contributed by atoms with Gasteiger partial charge in [0.15, 0.2) is 0 Å². The average molecular weight is 248 g/mol. The molecule has 1 aromatic carbocycles. The second-order valence-corrected chi connectivity index (χ2v) is 4.35. The molecule has 0 saturated heterocycles. The molecule has 0 radical (unpaired) electrons. The molecule has 2 aromatic rings. The molecule has 4 heteroatoms. The molecule has 96 valence electrons. The Balaban J connectivity index is 2.08. The van der Waals surface area contributed by atoms with Gasteiger partial charge in [-0.25, -0.2) is 4.39 Å². The van der Waals surface area contributed by atoms with Gasteiger partial charge in [-0.2, -0.15) is 0 Å². The van der Waals surface area contributed by atoms with Gasteiger partial charge in [-0.3, -0.25) is 4.90 Å². The fraction of sp³-hybridized carbons (Fsp3) is 0.286. The number of rotatable bonds is 5. The topological polar surface area (TPSA) is 42.4 Å². The molecule has 0 bridgehead atoms. The van der Waals surface area contributed by atoms with E-state index in [1.165, 1.54) is 6.07 Å². The molecule has 0 spiro atoms. The number of hydrogen-bond acceptors (Lipinski definition) is 3. The molecule has 2 N–H and O–H groups in total. The number of likely N-dealkylation sites (N-methyl/N-ethyl adjacent to an activating group) is 1. The molecule has 0 aliphatic heterocycles. The lowest BCUT2D eigenvalue weighted by molar-refractivity contribution is 0.240. The van der Waals surface area contributed by atoms with Crippen LogP contribution in [0.2, 0.25) is 0 Å². The Kier molecular flexibility index (Phi) is 4.12. The van der Waals surface area contributed by atoms with Crippen molar-refractivity contribution >= 4 is 0 Å². The maximum atomic E-state index is 13.1. The number of benzene rings is 1. The first kappa shape index (κ1) is 12.8. The zero-order chi connectivity index (χ0) is 13.0. The Bertz CT molecular complexity index is 484.